The second kappa shape index (κ2) is 3.95. The van der Waals surface area contributed by atoms with E-state index < -0.39 is 11.4 Å². The van der Waals surface area contributed by atoms with Crippen LogP contribution in [0.25, 0.3) is 0 Å². The summed E-state index contributed by atoms with van der Waals surface area (Å²) in [4.78, 5) is 21.8. The first kappa shape index (κ1) is 11.8. The summed E-state index contributed by atoms with van der Waals surface area (Å²) in [6.45, 7) is 1.59. The molecule has 0 radical (unpaired) electrons. The van der Waals surface area contributed by atoms with Crippen LogP contribution in [0.1, 0.15) is 40.7 Å². The lowest BCUT2D eigenvalue weighted by molar-refractivity contribution is -0.137. The van der Waals surface area contributed by atoms with Gasteiger partial charge in [-0.25, -0.2) is 4.39 Å². The van der Waals surface area contributed by atoms with E-state index in [9.17, 15) is 14.0 Å². The van der Waals surface area contributed by atoms with E-state index in [4.69, 9.17) is 5.11 Å². The molecule has 3 nitrogen and oxygen atoms in total. The average Bonchev–Trinajstić information content (AvgIpc) is 3.01. The van der Waals surface area contributed by atoms with Crippen LogP contribution in [-0.2, 0) is 10.2 Å². The molecule has 0 heterocycles. The number of aryl methyl sites for hydroxylation is 1. The summed E-state index contributed by atoms with van der Waals surface area (Å²) in [7, 11) is 0. The molecule has 0 aromatic heterocycles. The predicted molar refractivity (Wildman–Crippen MR) is 59.7 cm³/mol. The van der Waals surface area contributed by atoms with Crippen LogP contribution >= 0.6 is 0 Å². The summed E-state index contributed by atoms with van der Waals surface area (Å²) < 4.78 is 13.5. The van der Waals surface area contributed by atoms with Gasteiger partial charge >= 0.3 is 5.97 Å². The minimum atomic E-state index is -0.916. The van der Waals surface area contributed by atoms with Gasteiger partial charge in [-0.15, -0.1) is 0 Å². The van der Waals surface area contributed by atoms with E-state index in [2.05, 4.69) is 0 Å². The molecule has 17 heavy (non-hydrogen) atoms. The van der Waals surface area contributed by atoms with Crippen molar-refractivity contribution in [1.29, 1.82) is 0 Å². The van der Waals surface area contributed by atoms with Gasteiger partial charge in [-0.3, -0.25) is 9.59 Å². The topological polar surface area (TPSA) is 54.4 Å². The van der Waals surface area contributed by atoms with E-state index in [1.165, 1.54) is 12.1 Å². The van der Waals surface area contributed by atoms with Gasteiger partial charge in [0.05, 0.1) is 6.42 Å². The van der Waals surface area contributed by atoms with E-state index in [1.54, 1.807) is 6.92 Å². The Bertz CT molecular complexity index is 490. The normalized spacial score (nSPS) is 16.6. The molecule has 0 aliphatic heterocycles. The van der Waals surface area contributed by atoms with Gasteiger partial charge in [0.15, 0.2) is 0 Å². The molecule has 2 rings (SSSR count). The van der Waals surface area contributed by atoms with Crippen molar-refractivity contribution in [2.24, 2.45) is 0 Å². The van der Waals surface area contributed by atoms with Crippen LogP contribution in [0, 0.1) is 12.7 Å². The Kier molecular flexibility index (Phi) is 2.73. The van der Waals surface area contributed by atoms with Crippen LogP contribution in [0.5, 0.6) is 0 Å². The van der Waals surface area contributed by atoms with Crippen molar-refractivity contribution in [3.63, 3.8) is 0 Å². The van der Waals surface area contributed by atoms with Crippen molar-refractivity contribution in [3.8, 4) is 0 Å². The Morgan fingerprint density at radius 1 is 1.53 bits per heavy atom. The summed E-state index contributed by atoms with van der Waals surface area (Å²) in [6.07, 6.45) is 2.02. The fourth-order valence-electron chi connectivity index (χ4n) is 2.24. The summed E-state index contributed by atoms with van der Waals surface area (Å²) in [5, 5.41) is 8.86. The van der Waals surface area contributed by atoms with E-state index in [0.29, 0.717) is 35.8 Å². The van der Waals surface area contributed by atoms with Crippen LogP contribution < -0.4 is 0 Å². The summed E-state index contributed by atoms with van der Waals surface area (Å²) in [5.74, 6) is -1.30. The first-order valence-corrected chi connectivity index (χ1v) is 5.46. The largest absolute Gasteiger partial charge is 0.481 e. The Balaban J connectivity index is 2.48. The van der Waals surface area contributed by atoms with Crippen molar-refractivity contribution < 1.29 is 19.1 Å². The average molecular weight is 236 g/mol. The van der Waals surface area contributed by atoms with E-state index in [1.807, 2.05) is 0 Å². The molecular formula is C13H13FO3. The fraction of sp³-hybridized carbons (Fsp3) is 0.385. The summed E-state index contributed by atoms with van der Waals surface area (Å²) >= 11 is 0. The van der Waals surface area contributed by atoms with Gasteiger partial charge in [-0.05, 0) is 43.0 Å². The first-order chi connectivity index (χ1) is 7.98. The lowest BCUT2D eigenvalue weighted by Gasteiger charge is -2.16. The van der Waals surface area contributed by atoms with E-state index in [0.717, 1.165) is 0 Å². The maximum Gasteiger partial charge on any atom is 0.304 e. The van der Waals surface area contributed by atoms with E-state index >= 15 is 0 Å². The molecule has 90 valence electrons. The van der Waals surface area contributed by atoms with Gasteiger partial charge in [0.1, 0.15) is 12.1 Å². The van der Waals surface area contributed by atoms with Crippen molar-refractivity contribution in [2.45, 2.75) is 31.6 Å². The Morgan fingerprint density at radius 3 is 2.65 bits per heavy atom. The number of rotatable bonds is 4. The molecule has 0 atom stereocenters. The molecule has 0 amide bonds. The number of carbonyl (C=O) groups is 2. The van der Waals surface area contributed by atoms with Crippen LogP contribution in [-0.4, -0.2) is 17.4 Å². The van der Waals surface area contributed by atoms with Crippen molar-refractivity contribution >= 4 is 12.3 Å². The number of carboxylic acid groups (broad SMARTS) is 1. The predicted octanol–water partition coefficient (Wildman–Crippen LogP) is 2.45. The smallest absolute Gasteiger partial charge is 0.304 e. The number of carboxylic acids is 1. The molecular weight excluding hydrogens is 223 g/mol. The summed E-state index contributed by atoms with van der Waals surface area (Å²) in [5.41, 5.74) is 0.819. The van der Waals surface area contributed by atoms with Gasteiger partial charge in [0, 0.05) is 11.0 Å². The number of halogens is 1. The zero-order chi connectivity index (χ0) is 12.6. The molecule has 1 N–H and O–H groups in total. The number of carbonyl (C=O) groups excluding carboxylic acids is 1. The lowest BCUT2D eigenvalue weighted by Crippen LogP contribution is -2.15. The monoisotopic (exact) mass is 236 g/mol. The fourth-order valence-corrected chi connectivity index (χ4v) is 2.24. The van der Waals surface area contributed by atoms with Gasteiger partial charge in [0.25, 0.3) is 0 Å². The molecule has 0 bridgehead atoms. The zero-order valence-electron chi connectivity index (χ0n) is 9.50. The van der Waals surface area contributed by atoms with Gasteiger partial charge in [0.2, 0.25) is 0 Å². The minimum absolute atomic E-state index is 0.0453. The molecule has 1 fully saturated rings. The van der Waals surface area contributed by atoms with Crippen molar-refractivity contribution in [3.05, 3.63) is 34.6 Å². The summed E-state index contributed by atoms with van der Waals surface area (Å²) in [6, 6.07) is 2.80. The highest BCUT2D eigenvalue weighted by Crippen LogP contribution is 2.52. The van der Waals surface area contributed by atoms with Gasteiger partial charge in [-0.2, -0.15) is 0 Å². The Hall–Kier alpha value is -1.71. The molecule has 0 saturated heterocycles. The second-order valence-corrected chi connectivity index (χ2v) is 4.66. The van der Waals surface area contributed by atoms with Crippen molar-refractivity contribution in [2.75, 3.05) is 0 Å². The third-order valence-corrected chi connectivity index (χ3v) is 3.37. The minimum Gasteiger partial charge on any atom is -0.481 e. The Labute approximate surface area is 98.3 Å². The van der Waals surface area contributed by atoms with E-state index in [-0.39, 0.29) is 12.2 Å². The zero-order valence-corrected chi connectivity index (χ0v) is 9.50. The number of benzene rings is 1. The number of aldehydes is 1. The molecule has 1 saturated carbocycles. The van der Waals surface area contributed by atoms with Crippen LogP contribution in [0.15, 0.2) is 12.1 Å². The molecule has 1 aromatic rings. The maximum atomic E-state index is 13.5. The van der Waals surface area contributed by atoms with Crippen LogP contribution in [0.2, 0.25) is 0 Å². The van der Waals surface area contributed by atoms with Gasteiger partial charge in [-0.1, -0.05) is 0 Å². The highest BCUT2D eigenvalue weighted by molar-refractivity contribution is 5.80. The maximum absolute atomic E-state index is 13.5. The molecule has 1 aromatic carbocycles. The molecule has 1 aliphatic carbocycles. The lowest BCUT2D eigenvalue weighted by atomic mass is 9.88. The highest BCUT2D eigenvalue weighted by Gasteiger charge is 2.47. The number of hydrogen-bond donors (Lipinski definition) is 1. The molecule has 4 heteroatoms. The van der Waals surface area contributed by atoms with Crippen LogP contribution in [0.4, 0.5) is 4.39 Å². The van der Waals surface area contributed by atoms with Crippen LogP contribution in [0.3, 0.4) is 0 Å². The first-order valence-electron chi connectivity index (χ1n) is 5.46. The Morgan fingerprint density at radius 2 is 2.18 bits per heavy atom. The number of hydrogen-bond acceptors (Lipinski definition) is 2. The standard InChI is InChI=1S/C13H13FO3/c1-8-4-9(7-15)10(5-11(8)14)13(2-3-13)6-12(16)17/h4-5,7H,2-3,6H2,1H3,(H,16,17). The number of aliphatic carboxylic acids is 1. The van der Waals surface area contributed by atoms with Crippen molar-refractivity contribution in [1.82, 2.24) is 0 Å². The second-order valence-electron chi connectivity index (χ2n) is 4.66. The molecule has 1 aliphatic rings. The quantitative estimate of drug-likeness (QED) is 0.817. The SMILES string of the molecule is Cc1cc(C=O)c(C2(CC(=O)O)CC2)cc1F. The highest BCUT2D eigenvalue weighted by atomic mass is 19.1. The van der Waals surface area contributed by atoms with Gasteiger partial charge < -0.3 is 5.11 Å². The molecule has 0 unspecified atom stereocenters. The third-order valence-electron chi connectivity index (χ3n) is 3.37. The third kappa shape index (κ3) is 2.07. The molecule has 0 spiro atoms.